The summed E-state index contributed by atoms with van der Waals surface area (Å²) in [6.07, 6.45) is 1.56. The first-order chi connectivity index (χ1) is 12.7. The summed E-state index contributed by atoms with van der Waals surface area (Å²) < 4.78 is 0. The van der Waals surface area contributed by atoms with Crippen molar-refractivity contribution in [2.75, 3.05) is 17.3 Å². The van der Waals surface area contributed by atoms with Gasteiger partial charge in [0.1, 0.15) is 5.69 Å². The van der Waals surface area contributed by atoms with Crippen molar-refractivity contribution in [3.05, 3.63) is 83.7 Å². The molecule has 1 heterocycles. The fraction of sp³-hybridized carbons (Fsp3) is 0.100. The molecule has 0 radical (unpaired) electrons. The van der Waals surface area contributed by atoms with Crippen LogP contribution in [0.2, 0.25) is 0 Å². The number of amides is 1. The molecular formula is C20H17N5O. The quantitative estimate of drug-likeness (QED) is 0.769. The minimum atomic E-state index is -0.350. The lowest BCUT2D eigenvalue weighted by molar-refractivity contribution is 0.102. The number of aromatic nitrogens is 2. The summed E-state index contributed by atoms with van der Waals surface area (Å²) in [5.74, 6) is 0.115. The standard InChI is InChI=1S/C20H17N5O/c1-25(14-15-6-3-2-4-7-15)20-22-11-10-18(24-20)19(26)23-17-9-5-8-16(12-17)13-21/h2-12H,14H2,1H3,(H,23,26). The number of anilines is 2. The molecule has 26 heavy (non-hydrogen) atoms. The van der Waals surface area contributed by atoms with Crippen LogP contribution in [0, 0.1) is 11.3 Å². The Balaban J connectivity index is 1.73. The molecule has 0 spiro atoms. The molecule has 0 saturated carbocycles. The van der Waals surface area contributed by atoms with Gasteiger partial charge in [0.2, 0.25) is 5.95 Å². The summed E-state index contributed by atoms with van der Waals surface area (Å²) in [6.45, 7) is 0.635. The second-order valence-corrected chi connectivity index (χ2v) is 5.73. The second-order valence-electron chi connectivity index (χ2n) is 5.73. The average Bonchev–Trinajstić information content (AvgIpc) is 2.69. The third-order valence-electron chi connectivity index (χ3n) is 3.73. The molecule has 0 aliphatic rings. The van der Waals surface area contributed by atoms with Crippen molar-refractivity contribution in [1.82, 2.24) is 9.97 Å². The van der Waals surface area contributed by atoms with Crippen LogP contribution in [0.25, 0.3) is 0 Å². The van der Waals surface area contributed by atoms with Gasteiger partial charge in [-0.3, -0.25) is 4.79 Å². The molecule has 1 amide bonds. The van der Waals surface area contributed by atoms with Crippen LogP contribution in [0.4, 0.5) is 11.6 Å². The highest BCUT2D eigenvalue weighted by Gasteiger charge is 2.12. The molecule has 0 aliphatic heterocycles. The Labute approximate surface area is 151 Å². The maximum absolute atomic E-state index is 12.4. The average molecular weight is 343 g/mol. The van der Waals surface area contributed by atoms with Gasteiger partial charge in [-0.25, -0.2) is 9.97 Å². The van der Waals surface area contributed by atoms with Crippen molar-refractivity contribution < 1.29 is 4.79 Å². The van der Waals surface area contributed by atoms with Gasteiger partial charge in [-0.1, -0.05) is 36.4 Å². The Hall–Kier alpha value is -3.72. The number of nitrogens with one attached hydrogen (secondary N) is 1. The van der Waals surface area contributed by atoms with Crippen LogP contribution in [0.5, 0.6) is 0 Å². The summed E-state index contributed by atoms with van der Waals surface area (Å²) in [4.78, 5) is 22.9. The number of carbonyl (C=O) groups excluding carboxylic acids is 1. The van der Waals surface area contributed by atoms with Gasteiger partial charge in [0.25, 0.3) is 5.91 Å². The first-order valence-electron chi connectivity index (χ1n) is 8.05. The lowest BCUT2D eigenvalue weighted by Gasteiger charge is -2.17. The monoisotopic (exact) mass is 343 g/mol. The van der Waals surface area contributed by atoms with Crippen LogP contribution in [0.3, 0.4) is 0 Å². The maximum atomic E-state index is 12.4. The molecule has 0 unspecified atom stereocenters. The van der Waals surface area contributed by atoms with Crippen molar-refractivity contribution in [3.63, 3.8) is 0 Å². The van der Waals surface area contributed by atoms with E-state index >= 15 is 0 Å². The van der Waals surface area contributed by atoms with Gasteiger partial charge in [-0.05, 0) is 29.8 Å². The number of nitriles is 1. The highest BCUT2D eigenvalue weighted by Crippen LogP contribution is 2.13. The SMILES string of the molecule is CN(Cc1ccccc1)c1nccc(C(=O)Nc2cccc(C#N)c2)n1. The molecule has 1 N–H and O–H groups in total. The van der Waals surface area contributed by atoms with Gasteiger partial charge < -0.3 is 10.2 Å². The molecule has 0 saturated heterocycles. The number of rotatable bonds is 5. The number of benzene rings is 2. The highest BCUT2D eigenvalue weighted by molar-refractivity contribution is 6.03. The maximum Gasteiger partial charge on any atom is 0.274 e. The minimum Gasteiger partial charge on any atom is -0.340 e. The molecule has 0 bridgehead atoms. The molecule has 3 aromatic rings. The van der Waals surface area contributed by atoms with E-state index in [0.29, 0.717) is 23.7 Å². The van der Waals surface area contributed by atoms with Crippen molar-refractivity contribution in [1.29, 1.82) is 5.26 Å². The summed E-state index contributed by atoms with van der Waals surface area (Å²) in [5.41, 5.74) is 2.42. The zero-order chi connectivity index (χ0) is 18.4. The lowest BCUT2D eigenvalue weighted by atomic mass is 10.2. The van der Waals surface area contributed by atoms with E-state index in [9.17, 15) is 4.79 Å². The number of nitrogens with zero attached hydrogens (tertiary/aromatic N) is 4. The van der Waals surface area contributed by atoms with E-state index < -0.39 is 0 Å². The van der Waals surface area contributed by atoms with Crippen LogP contribution in [-0.2, 0) is 6.54 Å². The molecule has 6 nitrogen and oxygen atoms in total. The number of hydrogen-bond acceptors (Lipinski definition) is 5. The van der Waals surface area contributed by atoms with E-state index in [2.05, 4.69) is 15.3 Å². The van der Waals surface area contributed by atoms with Crippen LogP contribution >= 0.6 is 0 Å². The van der Waals surface area contributed by atoms with Crippen molar-refractivity contribution in [2.24, 2.45) is 0 Å². The molecule has 0 fully saturated rings. The van der Waals surface area contributed by atoms with Crippen molar-refractivity contribution in [3.8, 4) is 6.07 Å². The van der Waals surface area contributed by atoms with Gasteiger partial charge in [-0.2, -0.15) is 5.26 Å². The fourth-order valence-electron chi connectivity index (χ4n) is 2.45. The largest absolute Gasteiger partial charge is 0.340 e. The molecule has 0 atom stereocenters. The number of carbonyl (C=O) groups is 1. The third-order valence-corrected chi connectivity index (χ3v) is 3.73. The Morgan fingerprint density at radius 1 is 1.15 bits per heavy atom. The summed E-state index contributed by atoms with van der Waals surface area (Å²) in [5, 5.41) is 11.7. The van der Waals surface area contributed by atoms with E-state index in [1.54, 1.807) is 36.5 Å². The molecule has 3 rings (SSSR count). The highest BCUT2D eigenvalue weighted by atomic mass is 16.1. The van der Waals surface area contributed by atoms with E-state index in [1.165, 1.54) is 0 Å². The summed E-state index contributed by atoms with van der Waals surface area (Å²) in [7, 11) is 1.88. The molecule has 1 aromatic heterocycles. The lowest BCUT2D eigenvalue weighted by Crippen LogP contribution is -2.21. The Kier molecular flexibility index (Phi) is 5.20. The van der Waals surface area contributed by atoms with Gasteiger partial charge in [0.05, 0.1) is 11.6 Å². The van der Waals surface area contributed by atoms with Gasteiger partial charge in [-0.15, -0.1) is 0 Å². The van der Waals surface area contributed by atoms with E-state index in [0.717, 1.165) is 5.56 Å². The predicted octanol–water partition coefficient (Wildman–Crippen LogP) is 3.24. The van der Waals surface area contributed by atoms with Crippen LogP contribution in [0.15, 0.2) is 66.9 Å². The molecular weight excluding hydrogens is 326 g/mol. The zero-order valence-corrected chi connectivity index (χ0v) is 14.3. The van der Waals surface area contributed by atoms with Gasteiger partial charge in [0, 0.05) is 25.5 Å². The molecule has 128 valence electrons. The molecule has 0 aliphatic carbocycles. The molecule has 6 heteroatoms. The van der Waals surface area contributed by atoms with Crippen LogP contribution in [0.1, 0.15) is 21.6 Å². The van der Waals surface area contributed by atoms with E-state index in [-0.39, 0.29) is 11.6 Å². The van der Waals surface area contributed by atoms with Crippen LogP contribution in [-0.4, -0.2) is 22.9 Å². The third kappa shape index (κ3) is 4.22. The Morgan fingerprint density at radius 2 is 1.96 bits per heavy atom. The van der Waals surface area contributed by atoms with Crippen molar-refractivity contribution in [2.45, 2.75) is 6.54 Å². The topological polar surface area (TPSA) is 81.9 Å². The first kappa shape index (κ1) is 17.1. The van der Waals surface area contributed by atoms with Crippen molar-refractivity contribution >= 4 is 17.5 Å². The Morgan fingerprint density at radius 3 is 2.73 bits per heavy atom. The van der Waals surface area contributed by atoms with E-state index in [1.807, 2.05) is 48.3 Å². The van der Waals surface area contributed by atoms with Gasteiger partial charge in [0.15, 0.2) is 0 Å². The van der Waals surface area contributed by atoms with Crippen LogP contribution < -0.4 is 10.2 Å². The second kappa shape index (κ2) is 7.90. The Bertz CT molecular complexity index is 950. The summed E-state index contributed by atoms with van der Waals surface area (Å²) >= 11 is 0. The molecule has 2 aromatic carbocycles. The number of hydrogen-bond donors (Lipinski definition) is 1. The van der Waals surface area contributed by atoms with E-state index in [4.69, 9.17) is 5.26 Å². The summed E-state index contributed by atoms with van der Waals surface area (Å²) in [6, 6.07) is 20.3. The predicted molar refractivity (Wildman–Crippen MR) is 99.7 cm³/mol. The normalized spacial score (nSPS) is 10.0. The zero-order valence-electron chi connectivity index (χ0n) is 14.3. The van der Waals surface area contributed by atoms with Gasteiger partial charge >= 0.3 is 0 Å². The minimum absolute atomic E-state index is 0.261. The first-order valence-corrected chi connectivity index (χ1v) is 8.05. The smallest absolute Gasteiger partial charge is 0.274 e. The fourth-order valence-corrected chi connectivity index (χ4v) is 2.45.